The van der Waals surface area contributed by atoms with Crippen LogP contribution in [-0.4, -0.2) is 12.2 Å². The number of rotatable bonds is 2. The second-order valence-electron chi connectivity index (χ2n) is 3.60. The standard InChI is InChI=1S/C13H14O2/c1-15-11-7-8-13(14)12(9-11)10-5-3-2-4-6-10/h2-8,12,14H,9H2,1H3. The Balaban J connectivity index is 2.26. The van der Waals surface area contributed by atoms with Crippen LogP contribution in [0.25, 0.3) is 0 Å². The van der Waals surface area contributed by atoms with E-state index in [-0.39, 0.29) is 5.92 Å². The van der Waals surface area contributed by atoms with Crippen LogP contribution in [0.5, 0.6) is 0 Å². The van der Waals surface area contributed by atoms with Crippen LogP contribution in [0.4, 0.5) is 0 Å². The van der Waals surface area contributed by atoms with Gasteiger partial charge in [0.15, 0.2) is 0 Å². The molecule has 1 aromatic rings. The largest absolute Gasteiger partial charge is 0.512 e. The van der Waals surface area contributed by atoms with Gasteiger partial charge in [-0.2, -0.15) is 0 Å². The lowest BCUT2D eigenvalue weighted by Crippen LogP contribution is -2.08. The molecule has 0 radical (unpaired) electrons. The van der Waals surface area contributed by atoms with Crippen molar-refractivity contribution >= 4 is 0 Å². The van der Waals surface area contributed by atoms with E-state index >= 15 is 0 Å². The fourth-order valence-electron chi connectivity index (χ4n) is 1.79. The highest BCUT2D eigenvalue weighted by Gasteiger charge is 2.20. The minimum absolute atomic E-state index is 0.0335. The number of hydrogen-bond donors (Lipinski definition) is 1. The SMILES string of the molecule is COC1=CC=C(O)C(c2ccccc2)C1. The molecule has 0 saturated carbocycles. The van der Waals surface area contributed by atoms with E-state index < -0.39 is 0 Å². The summed E-state index contributed by atoms with van der Waals surface area (Å²) in [6.07, 6.45) is 4.25. The van der Waals surface area contributed by atoms with Crippen molar-refractivity contribution in [3.8, 4) is 0 Å². The zero-order valence-corrected chi connectivity index (χ0v) is 8.68. The minimum Gasteiger partial charge on any atom is -0.512 e. The Hall–Kier alpha value is -1.70. The molecule has 78 valence electrons. The van der Waals surface area contributed by atoms with Crippen molar-refractivity contribution in [3.63, 3.8) is 0 Å². The lowest BCUT2D eigenvalue weighted by molar-refractivity contribution is 0.257. The summed E-state index contributed by atoms with van der Waals surface area (Å²) in [4.78, 5) is 0. The monoisotopic (exact) mass is 202 g/mol. The Kier molecular flexibility index (Phi) is 2.77. The molecular weight excluding hydrogens is 188 g/mol. The third-order valence-corrected chi connectivity index (χ3v) is 2.67. The Morgan fingerprint density at radius 1 is 1.20 bits per heavy atom. The maximum atomic E-state index is 9.80. The molecular formula is C13H14O2. The van der Waals surface area contributed by atoms with Gasteiger partial charge in [-0.25, -0.2) is 0 Å². The van der Waals surface area contributed by atoms with Crippen LogP contribution in [-0.2, 0) is 4.74 Å². The molecule has 0 bridgehead atoms. The van der Waals surface area contributed by atoms with Crippen molar-refractivity contribution in [2.75, 3.05) is 7.11 Å². The summed E-state index contributed by atoms with van der Waals surface area (Å²) in [6, 6.07) is 9.97. The van der Waals surface area contributed by atoms with Crippen LogP contribution in [0.3, 0.4) is 0 Å². The number of aliphatic hydroxyl groups is 1. The number of hydrogen-bond acceptors (Lipinski definition) is 2. The summed E-state index contributed by atoms with van der Waals surface area (Å²) in [5.41, 5.74) is 1.12. The van der Waals surface area contributed by atoms with Crippen LogP contribution in [0.2, 0.25) is 0 Å². The van der Waals surface area contributed by atoms with Crippen LogP contribution >= 0.6 is 0 Å². The molecule has 1 aromatic carbocycles. The molecule has 1 aliphatic rings. The first kappa shape index (κ1) is 9.84. The van der Waals surface area contributed by atoms with Gasteiger partial charge in [-0.3, -0.25) is 0 Å². The van der Waals surface area contributed by atoms with E-state index in [1.165, 1.54) is 0 Å². The van der Waals surface area contributed by atoms with Gasteiger partial charge in [0, 0.05) is 12.3 Å². The highest BCUT2D eigenvalue weighted by molar-refractivity contribution is 5.32. The molecule has 0 heterocycles. The number of benzene rings is 1. The normalized spacial score (nSPS) is 20.5. The lowest BCUT2D eigenvalue weighted by atomic mass is 9.90. The van der Waals surface area contributed by atoms with Gasteiger partial charge in [-0.1, -0.05) is 30.3 Å². The van der Waals surface area contributed by atoms with E-state index in [1.54, 1.807) is 13.2 Å². The molecule has 0 aliphatic heterocycles. The molecule has 1 atom stereocenters. The quantitative estimate of drug-likeness (QED) is 0.798. The van der Waals surface area contributed by atoms with Crippen molar-refractivity contribution < 1.29 is 9.84 Å². The Morgan fingerprint density at radius 2 is 1.93 bits per heavy atom. The highest BCUT2D eigenvalue weighted by atomic mass is 16.5. The fraction of sp³-hybridized carbons (Fsp3) is 0.231. The average Bonchev–Trinajstić information content (AvgIpc) is 2.31. The molecule has 2 heteroatoms. The number of aliphatic hydroxyl groups excluding tert-OH is 1. The van der Waals surface area contributed by atoms with E-state index in [1.807, 2.05) is 36.4 Å². The maximum absolute atomic E-state index is 9.80. The van der Waals surface area contributed by atoms with Gasteiger partial charge in [0.2, 0.25) is 0 Å². The topological polar surface area (TPSA) is 29.5 Å². The molecule has 0 aromatic heterocycles. The van der Waals surface area contributed by atoms with Crippen LogP contribution in [0.1, 0.15) is 17.9 Å². The molecule has 0 spiro atoms. The number of ether oxygens (including phenoxy) is 1. The Morgan fingerprint density at radius 3 is 2.60 bits per heavy atom. The van der Waals surface area contributed by atoms with Crippen molar-refractivity contribution in [2.45, 2.75) is 12.3 Å². The molecule has 15 heavy (non-hydrogen) atoms. The summed E-state index contributed by atoms with van der Waals surface area (Å²) >= 11 is 0. The Labute approximate surface area is 89.5 Å². The van der Waals surface area contributed by atoms with Gasteiger partial charge in [0.1, 0.15) is 5.76 Å². The van der Waals surface area contributed by atoms with E-state index in [0.29, 0.717) is 5.76 Å². The third-order valence-electron chi connectivity index (χ3n) is 2.67. The highest BCUT2D eigenvalue weighted by Crippen LogP contribution is 2.32. The second-order valence-corrected chi connectivity index (χ2v) is 3.60. The van der Waals surface area contributed by atoms with Crippen molar-refractivity contribution in [2.24, 2.45) is 0 Å². The van der Waals surface area contributed by atoms with Gasteiger partial charge >= 0.3 is 0 Å². The lowest BCUT2D eigenvalue weighted by Gasteiger charge is -2.21. The zero-order valence-electron chi connectivity index (χ0n) is 8.68. The van der Waals surface area contributed by atoms with Crippen LogP contribution in [0, 0.1) is 0 Å². The molecule has 2 nitrogen and oxygen atoms in total. The van der Waals surface area contributed by atoms with Gasteiger partial charge in [0.05, 0.1) is 12.9 Å². The molecule has 0 fully saturated rings. The maximum Gasteiger partial charge on any atom is 0.100 e. The minimum atomic E-state index is 0.0335. The van der Waals surface area contributed by atoms with Crippen LogP contribution < -0.4 is 0 Å². The van der Waals surface area contributed by atoms with Gasteiger partial charge < -0.3 is 9.84 Å². The summed E-state index contributed by atoms with van der Waals surface area (Å²) in [5, 5.41) is 9.80. The van der Waals surface area contributed by atoms with Crippen molar-refractivity contribution in [1.82, 2.24) is 0 Å². The summed E-state index contributed by atoms with van der Waals surface area (Å²) in [7, 11) is 1.66. The van der Waals surface area contributed by atoms with Gasteiger partial charge in [-0.05, 0) is 17.7 Å². The molecule has 1 aliphatic carbocycles. The van der Waals surface area contributed by atoms with Crippen LogP contribution in [0.15, 0.2) is 54.0 Å². The molecule has 1 N–H and O–H groups in total. The second kappa shape index (κ2) is 4.22. The van der Waals surface area contributed by atoms with E-state index in [4.69, 9.17) is 4.74 Å². The predicted molar refractivity (Wildman–Crippen MR) is 59.6 cm³/mol. The fourth-order valence-corrected chi connectivity index (χ4v) is 1.79. The third kappa shape index (κ3) is 2.04. The first-order valence-electron chi connectivity index (χ1n) is 5.00. The summed E-state index contributed by atoms with van der Waals surface area (Å²) in [5.74, 6) is 1.34. The summed E-state index contributed by atoms with van der Waals surface area (Å²) in [6.45, 7) is 0. The van der Waals surface area contributed by atoms with Gasteiger partial charge in [0.25, 0.3) is 0 Å². The smallest absolute Gasteiger partial charge is 0.100 e. The van der Waals surface area contributed by atoms with E-state index in [2.05, 4.69) is 0 Å². The van der Waals surface area contributed by atoms with Crippen molar-refractivity contribution in [1.29, 1.82) is 0 Å². The zero-order chi connectivity index (χ0) is 10.7. The number of allylic oxidation sites excluding steroid dienone is 4. The van der Waals surface area contributed by atoms with E-state index in [0.717, 1.165) is 17.7 Å². The predicted octanol–water partition coefficient (Wildman–Crippen LogP) is 3.15. The molecule has 2 rings (SSSR count). The molecule has 1 unspecified atom stereocenters. The number of methoxy groups -OCH3 is 1. The average molecular weight is 202 g/mol. The van der Waals surface area contributed by atoms with Crippen molar-refractivity contribution in [3.05, 3.63) is 59.6 Å². The first-order chi connectivity index (χ1) is 7.31. The summed E-state index contributed by atoms with van der Waals surface area (Å²) < 4.78 is 5.20. The van der Waals surface area contributed by atoms with Gasteiger partial charge in [-0.15, -0.1) is 0 Å². The first-order valence-corrected chi connectivity index (χ1v) is 5.00. The Bertz CT molecular complexity index is 390. The van der Waals surface area contributed by atoms with E-state index in [9.17, 15) is 5.11 Å². The molecule has 0 amide bonds. The molecule has 0 saturated heterocycles.